The third-order valence-electron chi connectivity index (χ3n) is 16.3. The maximum Gasteiger partial charge on any atom is 0.337 e. The molecular formula is C67H92ClN7O14S2. The topological polar surface area (TPSA) is 327 Å². The maximum absolute atomic E-state index is 13.5. The fraction of sp³-hybridized carbons (Fsp3) is 0.493. The average Bonchev–Trinajstić information content (AvgIpc) is 1.86. The molecule has 0 saturated heterocycles. The number of rotatable bonds is 24. The molecule has 5 aromatic rings. The van der Waals surface area contributed by atoms with Gasteiger partial charge in [-0.05, 0) is 175 Å². The smallest absolute Gasteiger partial charge is 0.337 e. The van der Waals surface area contributed by atoms with E-state index in [0.717, 1.165) is 79.2 Å². The first kappa shape index (κ1) is 77.6. The number of aromatic nitrogens is 3. The first-order valence-corrected chi connectivity index (χ1v) is 34.4. The number of nitrogens with two attached hydrogens (primary N) is 1. The number of halogens is 1. The number of amides is 3. The Balaban J connectivity index is 0.000000360. The summed E-state index contributed by atoms with van der Waals surface area (Å²) in [5.41, 5.74) is 13.2. The van der Waals surface area contributed by atoms with Crippen molar-refractivity contribution in [2.45, 2.75) is 164 Å². The van der Waals surface area contributed by atoms with E-state index in [9.17, 15) is 50.4 Å². The van der Waals surface area contributed by atoms with E-state index in [0.29, 0.717) is 90.1 Å². The molecule has 0 spiro atoms. The number of nitrogen functional groups attached to an aromatic ring is 1. The molecule has 7 rings (SSSR count). The Kier molecular flexibility index (Phi) is 31.1. The number of nitrogens with zero attached hydrogens (tertiary/aromatic N) is 3. The highest BCUT2D eigenvalue weighted by atomic mass is 35.5. The Morgan fingerprint density at radius 2 is 0.912 bits per heavy atom. The first-order chi connectivity index (χ1) is 42.3. The van der Waals surface area contributed by atoms with Crippen LogP contribution >= 0.6 is 11.6 Å². The van der Waals surface area contributed by atoms with Crippen LogP contribution in [-0.4, -0.2) is 128 Å². The molecule has 498 valence electrons. The van der Waals surface area contributed by atoms with Gasteiger partial charge in [-0.1, -0.05) is 70.2 Å². The molecule has 2 saturated carbocycles. The number of aryl methyl sites for hydroxylation is 6. The number of carbonyl (C=O) groups is 7. The molecule has 0 aliphatic heterocycles. The first-order valence-electron chi connectivity index (χ1n) is 29.9. The number of sulfone groups is 2. The molecule has 2 unspecified atom stereocenters. The molecule has 3 heterocycles. The zero-order chi connectivity index (χ0) is 67.0. The quantitative estimate of drug-likeness (QED) is 0.0166. The minimum absolute atomic E-state index is 0. The van der Waals surface area contributed by atoms with E-state index in [2.05, 4.69) is 30.9 Å². The Bertz CT molecular complexity index is 3400. The number of carboxylic acid groups (broad SMARTS) is 1. The summed E-state index contributed by atoms with van der Waals surface area (Å²) in [5, 5.41) is 17.0. The van der Waals surface area contributed by atoms with Crippen LogP contribution in [0.15, 0.2) is 85.3 Å². The number of aromatic carboxylic acids is 1. The van der Waals surface area contributed by atoms with Gasteiger partial charge < -0.3 is 36.3 Å². The van der Waals surface area contributed by atoms with Gasteiger partial charge in [0, 0.05) is 83.3 Å². The molecule has 91 heavy (non-hydrogen) atoms. The van der Waals surface area contributed by atoms with Crippen LogP contribution < -0.4 is 21.7 Å². The van der Waals surface area contributed by atoms with Crippen LogP contribution in [0.2, 0.25) is 0 Å². The van der Waals surface area contributed by atoms with Gasteiger partial charge in [0.25, 0.3) is 11.1 Å². The number of methoxy groups -OCH3 is 2. The van der Waals surface area contributed by atoms with Crippen molar-refractivity contribution in [3.63, 3.8) is 0 Å². The predicted molar refractivity (Wildman–Crippen MR) is 354 cm³/mol. The Morgan fingerprint density at radius 3 is 1.22 bits per heavy atom. The molecule has 3 aromatic heterocycles. The second-order valence-electron chi connectivity index (χ2n) is 23.4. The third kappa shape index (κ3) is 24.8. The average molecular weight is 1320 g/mol. The number of anilines is 2. The molecule has 2 aliphatic rings. The highest BCUT2D eigenvalue weighted by Gasteiger charge is 2.43. The highest BCUT2D eigenvalue weighted by molar-refractivity contribution is 7.90. The Morgan fingerprint density at radius 1 is 0.560 bits per heavy atom. The number of hydrogen-bond donors (Lipinski definition) is 5. The summed E-state index contributed by atoms with van der Waals surface area (Å²) in [4.78, 5) is 97.7. The van der Waals surface area contributed by atoms with Crippen molar-refractivity contribution in [2.75, 3.05) is 49.3 Å². The highest BCUT2D eigenvalue weighted by Crippen LogP contribution is 2.44. The Labute approximate surface area is 542 Å². The lowest BCUT2D eigenvalue weighted by Crippen LogP contribution is -2.49. The largest absolute Gasteiger partial charge is 0.478 e. The SMILES string of the molecule is C.COC(=O)C(Cc1ccc(N)cc1)NC(=O)C1(CCCCS(C)(=O)=O)CCCC1.COC(=O)C(Cc1ccc(NC(=O)c2c(C)ccnc2C)cc1)NC(=O)C1(CCCCS(C)(=O)=O)CCCC1.Cc1ccnc(C)c1C(=O)Cl.Cc1ccnc(C)c1C(=O)O. The summed E-state index contributed by atoms with van der Waals surface area (Å²) < 4.78 is 55.5. The maximum atomic E-state index is 13.5. The third-order valence-corrected chi connectivity index (χ3v) is 18.5. The van der Waals surface area contributed by atoms with Gasteiger partial charge in [0.2, 0.25) is 11.8 Å². The van der Waals surface area contributed by atoms with Crippen molar-refractivity contribution in [2.24, 2.45) is 10.8 Å². The number of nitrogens with one attached hydrogen (secondary N) is 3. The molecule has 2 aliphatic carbocycles. The van der Waals surface area contributed by atoms with Crippen molar-refractivity contribution in [3.8, 4) is 0 Å². The van der Waals surface area contributed by atoms with Crippen molar-refractivity contribution in [1.29, 1.82) is 0 Å². The molecule has 0 radical (unpaired) electrons. The van der Waals surface area contributed by atoms with Crippen LogP contribution in [0.3, 0.4) is 0 Å². The standard InChI is InChI=1S/C29H39N3O6S.C21H32N2O5S.C8H8ClNO.C8H9NO2.CH4/c1-20-13-17-30-21(2)25(20)26(33)31-23-11-9-22(10-12-23)19-24(27(34)38-3)32-28(35)29(14-5-6-15-29)16-7-8-18-39(4,36)37;1-28-19(24)18(15-16-7-9-17(22)10-8-16)23-20(25)21(11-3-4-12-21)13-5-6-14-29(2,26)27;1-5-3-4-10-6(2)7(5)8(9)11;1-5-3-4-9-6(2)7(5)8(10)11;/h9-13,17,24H,5-8,14-16,18-19H2,1-4H3,(H,31,33)(H,32,35);7-10,18H,3-6,11-15,22H2,1-2H3,(H,23,25);3-4H,1-2H3;3-4H,1-2H3,(H,10,11);1H4. The number of esters is 2. The lowest BCUT2D eigenvalue weighted by Gasteiger charge is -2.30. The van der Waals surface area contributed by atoms with Gasteiger partial charge in [0.1, 0.15) is 31.8 Å². The number of benzene rings is 2. The van der Waals surface area contributed by atoms with E-state index in [1.165, 1.54) is 26.7 Å². The van der Waals surface area contributed by atoms with E-state index >= 15 is 0 Å². The normalized spacial score (nSPS) is 14.3. The number of pyridine rings is 3. The van der Waals surface area contributed by atoms with Crippen molar-refractivity contribution in [3.05, 3.63) is 147 Å². The molecule has 0 bridgehead atoms. The fourth-order valence-electron chi connectivity index (χ4n) is 11.3. The fourth-order valence-corrected chi connectivity index (χ4v) is 13.1. The number of ether oxygens (including phenoxy) is 2. The van der Waals surface area contributed by atoms with Gasteiger partial charge in [-0.2, -0.15) is 0 Å². The predicted octanol–water partition coefficient (Wildman–Crippen LogP) is 10.3. The van der Waals surface area contributed by atoms with Gasteiger partial charge in [-0.3, -0.25) is 34.1 Å². The molecule has 24 heteroatoms. The molecule has 21 nitrogen and oxygen atoms in total. The minimum atomic E-state index is -3.04. The number of carbonyl (C=O) groups excluding carboxylic acids is 6. The molecule has 2 aromatic carbocycles. The van der Waals surface area contributed by atoms with Crippen molar-refractivity contribution in [1.82, 2.24) is 25.6 Å². The van der Waals surface area contributed by atoms with Crippen LogP contribution in [-0.2, 0) is 61.2 Å². The Hall–Kier alpha value is -7.63. The van der Waals surface area contributed by atoms with Crippen LogP contribution in [0.4, 0.5) is 11.4 Å². The van der Waals surface area contributed by atoms with Gasteiger partial charge in [0.05, 0.1) is 42.3 Å². The molecule has 3 amide bonds. The second kappa shape index (κ2) is 36.4. The van der Waals surface area contributed by atoms with E-state index in [4.69, 9.17) is 31.9 Å². The summed E-state index contributed by atoms with van der Waals surface area (Å²) in [5.74, 6) is -2.26. The van der Waals surface area contributed by atoms with Crippen LogP contribution in [0.5, 0.6) is 0 Å². The zero-order valence-electron chi connectivity index (χ0n) is 53.3. The van der Waals surface area contributed by atoms with E-state index in [1.54, 1.807) is 101 Å². The molecular weight excluding hydrogens is 1230 g/mol. The molecule has 2 fully saturated rings. The van der Waals surface area contributed by atoms with E-state index < -0.39 is 65.7 Å². The monoisotopic (exact) mass is 1320 g/mol. The van der Waals surface area contributed by atoms with Crippen LogP contribution in [0.1, 0.15) is 173 Å². The minimum Gasteiger partial charge on any atom is -0.478 e. The van der Waals surface area contributed by atoms with Gasteiger partial charge in [-0.25, -0.2) is 31.2 Å². The van der Waals surface area contributed by atoms with Crippen molar-refractivity contribution < 1.29 is 65.0 Å². The van der Waals surface area contributed by atoms with Gasteiger partial charge >= 0.3 is 17.9 Å². The van der Waals surface area contributed by atoms with Crippen LogP contribution in [0.25, 0.3) is 0 Å². The lowest BCUT2D eigenvalue weighted by atomic mass is 9.80. The van der Waals surface area contributed by atoms with Crippen LogP contribution in [0, 0.1) is 52.4 Å². The summed E-state index contributed by atoms with van der Waals surface area (Å²) >= 11 is 5.33. The summed E-state index contributed by atoms with van der Waals surface area (Å²) in [6, 6.07) is 17.9. The molecule has 2 atom stereocenters. The summed E-state index contributed by atoms with van der Waals surface area (Å²) in [7, 11) is -3.45. The zero-order valence-corrected chi connectivity index (χ0v) is 55.7. The number of hydrogen-bond acceptors (Lipinski definition) is 17. The van der Waals surface area contributed by atoms with Crippen molar-refractivity contribution >= 4 is 83.5 Å². The summed E-state index contributed by atoms with van der Waals surface area (Å²) in [6.45, 7) is 10.7. The van der Waals surface area contributed by atoms with E-state index in [-0.39, 0.29) is 43.1 Å². The number of carboxylic acids is 1. The molecule has 6 N–H and O–H groups in total. The van der Waals surface area contributed by atoms with Gasteiger partial charge in [0.15, 0.2) is 0 Å². The number of unbranched alkanes of at least 4 members (excludes halogenated alkanes) is 2. The lowest BCUT2D eigenvalue weighted by molar-refractivity contribution is -0.147. The summed E-state index contributed by atoms with van der Waals surface area (Å²) in [6.07, 6.45) is 18.2. The van der Waals surface area contributed by atoms with E-state index in [1.807, 2.05) is 26.0 Å². The van der Waals surface area contributed by atoms with Gasteiger partial charge in [-0.15, -0.1) is 0 Å². The second-order valence-corrected chi connectivity index (χ2v) is 28.3.